The summed E-state index contributed by atoms with van der Waals surface area (Å²) < 4.78 is 35.8. The van der Waals surface area contributed by atoms with Gasteiger partial charge in [-0.1, -0.05) is 18.2 Å². The molecule has 1 saturated heterocycles. The van der Waals surface area contributed by atoms with Gasteiger partial charge in [0.25, 0.3) is 5.91 Å². The van der Waals surface area contributed by atoms with Gasteiger partial charge in [0.05, 0.1) is 24.2 Å². The molecule has 0 bridgehead atoms. The molecule has 0 aliphatic carbocycles. The van der Waals surface area contributed by atoms with Crippen LogP contribution in [0.15, 0.2) is 48.7 Å². The van der Waals surface area contributed by atoms with Crippen LogP contribution in [0.2, 0.25) is 0 Å². The molecule has 2 N–H and O–H groups in total. The number of aromatic nitrogens is 1. The minimum atomic E-state index is -1.16. The number of carbonyl (C=O) groups is 1. The molecule has 29 heavy (non-hydrogen) atoms. The SMILES string of the molecule is COc1cccc(Cn2cc(C(=O)NC3CCNCC3F)c3c(F)cccc32)c1. The molecule has 1 aliphatic heterocycles. The third-order valence-corrected chi connectivity index (χ3v) is 5.31. The Morgan fingerprint density at radius 2 is 2.14 bits per heavy atom. The van der Waals surface area contributed by atoms with Gasteiger partial charge in [-0.05, 0) is 42.8 Å². The predicted octanol–water partition coefficient (Wildman–Crippen LogP) is 3.27. The first-order valence-corrected chi connectivity index (χ1v) is 9.62. The molecule has 152 valence electrons. The fraction of sp³-hybridized carbons (Fsp3) is 0.318. The van der Waals surface area contributed by atoms with Crippen LogP contribution in [0, 0.1) is 5.82 Å². The van der Waals surface area contributed by atoms with Gasteiger partial charge in [0.15, 0.2) is 0 Å². The van der Waals surface area contributed by atoms with Gasteiger partial charge < -0.3 is 19.9 Å². The minimum Gasteiger partial charge on any atom is -0.497 e. The van der Waals surface area contributed by atoms with E-state index in [2.05, 4.69) is 10.6 Å². The zero-order valence-electron chi connectivity index (χ0n) is 16.1. The van der Waals surface area contributed by atoms with Gasteiger partial charge in [-0.25, -0.2) is 8.78 Å². The Bertz CT molecular complexity index is 1030. The van der Waals surface area contributed by atoms with Crippen LogP contribution in [-0.2, 0) is 6.54 Å². The van der Waals surface area contributed by atoms with E-state index in [-0.39, 0.29) is 17.5 Å². The first-order valence-electron chi connectivity index (χ1n) is 9.62. The number of hydrogen-bond acceptors (Lipinski definition) is 3. The van der Waals surface area contributed by atoms with Gasteiger partial charge in [0.1, 0.15) is 17.7 Å². The van der Waals surface area contributed by atoms with Crippen LogP contribution in [-0.4, -0.2) is 42.9 Å². The lowest BCUT2D eigenvalue weighted by Crippen LogP contribution is -2.50. The van der Waals surface area contributed by atoms with Gasteiger partial charge in [-0.2, -0.15) is 0 Å². The normalized spacial score (nSPS) is 19.3. The summed E-state index contributed by atoms with van der Waals surface area (Å²) in [6.45, 7) is 1.29. The van der Waals surface area contributed by atoms with Gasteiger partial charge in [-0.15, -0.1) is 0 Å². The molecule has 0 saturated carbocycles. The van der Waals surface area contributed by atoms with E-state index < -0.39 is 23.9 Å². The summed E-state index contributed by atoms with van der Waals surface area (Å²) in [5.74, 6) is -0.207. The number of hydrogen-bond donors (Lipinski definition) is 2. The van der Waals surface area contributed by atoms with E-state index in [0.29, 0.717) is 25.0 Å². The van der Waals surface area contributed by atoms with E-state index in [1.807, 2.05) is 28.8 Å². The lowest BCUT2D eigenvalue weighted by molar-refractivity contribution is 0.0893. The van der Waals surface area contributed by atoms with Crippen molar-refractivity contribution >= 4 is 16.8 Å². The number of nitrogens with one attached hydrogen (secondary N) is 2. The van der Waals surface area contributed by atoms with Crippen LogP contribution in [0.1, 0.15) is 22.3 Å². The molecule has 1 aromatic heterocycles. The topological polar surface area (TPSA) is 55.3 Å². The quantitative estimate of drug-likeness (QED) is 0.693. The molecule has 1 aliphatic rings. The second-order valence-electron chi connectivity index (χ2n) is 7.24. The molecule has 4 rings (SSSR count). The Balaban J connectivity index is 1.68. The summed E-state index contributed by atoms with van der Waals surface area (Å²) in [4.78, 5) is 12.9. The maximum Gasteiger partial charge on any atom is 0.253 e. The van der Waals surface area contributed by atoms with Crippen LogP contribution >= 0.6 is 0 Å². The maximum absolute atomic E-state index is 14.6. The highest BCUT2D eigenvalue weighted by molar-refractivity contribution is 6.07. The summed E-state index contributed by atoms with van der Waals surface area (Å²) in [5.41, 5.74) is 1.78. The lowest BCUT2D eigenvalue weighted by atomic mass is 10.0. The Kier molecular flexibility index (Phi) is 5.49. The van der Waals surface area contributed by atoms with E-state index in [4.69, 9.17) is 4.74 Å². The molecular formula is C22H23F2N3O2. The third kappa shape index (κ3) is 3.96. The molecule has 2 heterocycles. The molecule has 0 spiro atoms. The molecule has 0 radical (unpaired) electrons. The summed E-state index contributed by atoms with van der Waals surface area (Å²) in [6.07, 6.45) is 0.969. The fourth-order valence-electron chi connectivity index (χ4n) is 3.81. The van der Waals surface area contributed by atoms with Crippen LogP contribution in [0.4, 0.5) is 8.78 Å². The molecule has 1 fully saturated rings. The molecule has 2 aromatic carbocycles. The molecular weight excluding hydrogens is 376 g/mol. The number of rotatable bonds is 5. The highest BCUT2D eigenvalue weighted by Gasteiger charge is 2.28. The number of nitrogens with zero attached hydrogens (tertiary/aromatic N) is 1. The van der Waals surface area contributed by atoms with Crippen LogP contribution in [0.5, 0.6) is 5.75 Å². The van der Waals surface area contributed by atoms with Crippen molar-refractivity contribution in [3.05, 3.63) is 65.6 Å². The van der Waals surface area contributed by atoms with E-state index in [1.54, 1.807) is 25.4 Å². The fourth-order valence-corrected chi connectivity index (χ4v) is 3.81. The zero-order chi connectivity index (χ0) is 20.4. The number of benzene rings is 2. The highest BCUT2D eigenvalue weighted by atomic mass is 19.1. The number of ether oxygens (including phenoxy) is 1. The number of methoxy groups -OCH3 is 1. The van der Waals surface area contributed by atoms with Crippen molar-refractivity contribution in [1.82, 2.24) is 15.2 Å². The van der Waals surface area contributed by atoms with Crippen molar-refractivity contribution in [2.45, 2.75) is 25.2 Å². The highest BCUT2D eigenvalue weighted by Crippen LogP contribution is 2.26. The summed E-state index contributed by atoms with van der Waals surface area (Å²) in [7, 11) is 1.60. The van der Waals surface area contributed by atoms with Crippen molar-refractivity contribution in [2.75, 3.05) is 20.2 Å². The Morgan fingerprint density at radius 3 is 2.93 bits per heavy atom. The van der Waals surface area contributed by atoms with Crippen molar-refractivity contribution in [3.8, 4) is 5.75 Å². The first-order chi connectivity index (χ1) is 14.1. The first kappa shape index (κ1) is 19.4. The van der Waals surface area contributed by atoms with E-state index >= 15 is 0 Å². The van der Waals surface area contributed by atoms with E-state index in [0.717, 1.165) is 11.3 Å². The van der Waals surface area contributed by atoms with Crippen molar-refractivity contribution in [1.29, 1.82) is 0 Å². The zero-order valence-corrected chi connectivity index (χ0v) is 16.1. The lowest BCUT2D eigenvalue weighted by Gasteiger charge is -2.27. The second kappa shape index (κ2) is 8.21. The molecule has 1 amide bonds. The maximum atomic E-state index is 14.6. The number of halogens is 2. The average Bonchev–Trinajstić information content (AvgIpc) is 3.10. The van der Waals surface area contributed by atoms with Crippen molar-refractivity contribution in [2.24, 2.45) is 0 Å². The summed E-state index contributed by atoms with van der Waals surface area (Å²) >= 11 is 0. The average molecular weight is 399 g/mol. The monoisotopic (exact) mass is 399 g/mol. The molecule has 3 aromatic rings. The molecule has 2 unspecified atom stereocenters. The predicted molar refractivity (Wildman–Crippen MR) is 108 cm³/mol. The van der Waals surface area contributed by atoms with E-state index in [9.17, 15) is 13.6 Å². The van der Waals surface area contributed by atoms with Gasteiger partial charge >= 0.3 is 0 Å². The minimum absolute atomic E-state index is 0.205. The van der Waals surface area contributed by atoms with Gasteiger partial charge in [-0.3, -0.25) is 4.79 Å². The largest absolute Gasteiger partial charge is 0.497 e. The Labute approximate surface area is 167 Å². The number of carbonyl (C=O) groups excluding carboxylic acids is 1. The van der Waals surface area contributed by atoms with Gasteiger partial charge in [0, 0.05) is 24.7 Å². The summed E-state index contributed by atoms with van der Waals surface area (Å²) in [6, 6.07) is 11.7. The standard InChI is InChI=1S/C22H23F2N3O2/c1-29-15-5-2-4-14(10-15)12-27-13-16(21-17(23)6-3-7-20(21)27)22(28)26-19-8-9-25-11-18(19)24/h2-7,10,13,18-19,25H,8-9,11-12H2,1H3,(H,26,28). The number of piperidine rings is 1. The van der Waals surface area contributed by atoms with E-state index in [1.165, 1.54) is 6.07 Å². The number of alkyl halides is 1. The molecule has 2 atom stereocenters. The smallest absolute Gasteiger partial charge is 0.253 e. The van der Waals surface area contributed by atoms with Crippen LogP contribution in [0.3, 0.4) is 0 Å². The van der Waals surface area contributed by atoms with Crippen molar-refractivity contribution in [3.63, 3.8) is 0 Å². The molecule has 7 heteroatoms. The number of fused-ring (bicyclic) bond motifs is 1. The Hall–Kier alpha value is -2.93. The van der Waals surface area contributed by atoms with Gasteiger partial charge in [0.2, 0.25) is 0 Å². The van der Waals surface area contributed by atoms with Crippen molar-refractivity contribution < 1.29 is 18.3 Å². The Morgan fingerprint density at radius 1 is 1.31 bits per heavy atom. The van der Waals surface area contributed by atoms with Crippen LogP contribution < -0.4 is 15.4 Å². The summed E-state index contributed by atoms with van der Waals surface area (Å²) in [5, 5.41) is 5.95. The third-order valence-electron chi connectivity index (χ3n) is 5.31. The molecule has 5 nitrogen and oxygen atoms in total. The van der Waals surface area contributed by atoms with Crippen LogP contribution in [0.25, 0.3) is 10.9 Å². The number of amides is 1. The second-order valence-corrected chi connectivity index (χ2v) is 7.24.